The Labute approximate surface area is 100 Å². The smallest absolute Gasteiger partial charge is 0.0815 e. The second-order valence-corrected chi connectivity index (χ2v) is 3.24. The van der Waals surface area contributed by atoms with E-state index in [4.69, 9.17) is 0 Å². The summed E-state index contributed by atoms with van der Waals surface area (Å²) in [6.07, 6.45) is 0.701. The minimum Gasteiger partial charge on any atom is -0.388 e. The van der Waals surface area contributed by atoms with Crippen LogP contribution in [-0.4, -0.2) is 5.11 Å². The number of hydrogen-bond acceptors (Lipinski definition) is 1. The van der Waals surface area contributed by atoms with Crippen LogP contribution < -0.4 is 0 Å². The molecule has 0 saturated heterocycles. The van der Waals surface area contributed by atoms with E-state index < -0.39 is 0 Å². The van der Waals surface area contributed by atoms with Crippen LogP contribution in [0, 0.1) is 5.92 Å². The predicted molar refractivity (Wildman–Crippen MR) is 71.6 cm³/mol. The molecule has 82 valence electrons. The standard InChI is InChI=1S/C11H16O.2H2S/c1-3-9(2)11(12)10-7-5-4-6-8-10;;/h4-9,11-12H,3H2,1-2H3;2*1H2/t9-,11-;;/m1../s1. The van der Waals surface area contributed by atoms with Gasteiger partial charge < -0.3 is 5.11 Å². The van der Waals surface area contributed by atoms with Crippen LogP contribution in [0.25, 0.3) is 0 Å². The van der Waals surface area contributed by atoms with E-state index in [1.807, 2.05) is 30.3 Å². The van der Waals surface area contributed by atoms with Crippen LogP contribution in [0.3, 0.4) is 0 Å². The van der Waals surface area contributed by atoms with E-state index in [-0.39, 0.29) is 33.1 Å². The molecule has 3 heteroatoms. The normalized spacial score (nSPS) is 13.4. The summed E-state index contributed by atoms with van der Waals surface area (Å²) < 4.78 is 0. The predicted octanol–water partition coefficient (Wildman–Crippen LogP) is 2.99. The Morgan fingerprint density at radius 2 is 1.64 bits per heavy atom. The molecule has 0 saturated carbocycles. The fourth-order valence-corrected chi connectivity index (χ4v) is 1.20. The molecule has 0 aliphatic rings. The van der Waals surface area contributed by atoms with Crippen molar-refractivity contribution in [1.82, 2.24) is 0 Å². The molecule has 1 rings (SSSR count). The van der Waals surface area contributed by atoms with Crippen molar-refractivity contribution in [3.63, 3.8) is 0 Å². The molecule has 1 nitrogen and oxygen atoms in total. The lowest BCUT2D eigenvalue weighted by Gasteiger charge is -2.16. The lowest BCUT2D eigenvalue weighted by atomic mass is 9.95. The van der Waals surface area contributed by atoms with E-state index in [1.165, 1.54) is 0 Å². The second-order valence-electron chi connectivity index (χ2n) is 3.24. The van der Waals surface area contributed by atoms with Gasteiger partial charge in [-0.25, -0.2) is 0 Å². The summed E-state index contributed by atoms with van der Waals surface area (Å²) in [5, 5.41) is 9.79. The molecule has 1 aromatic carbocycles. The Kier molecular flexibility index (Phi) is 9.57. The Bertz CT molecular complexity index is 226. The highest BCUT2D eigenvalue weighted by Gasteiger charge is 2.13. The molecular formula is C11H20OS2. The molecule has 1 aromatic rings. The van der Waals surface area contributed by atoms with Crippen LogP contribution in [0.4, 0.5) is 0 Å². The monoisotopic (exact) mass is 232 g/mol. The first-order chi connectivity index (χ1) is 5.75. The number of hydrogen-bond donors (Lipinski definition) is 1. The first-order valence-electron chi connectivity index (χ1n) is 4.48. The van der Waals surface area contributed by atoms with Gasteiger partial charge in [-0.3, -0.25) is 0 Å². The summed E-state index contributed by atoms with van der Waals surface area (Å²) in [4.78, 5) is 0. The zero-order valence-corrected chi connectivity index (χ0v) is 10.7. The topological polar surface area (TPSA) is 20.2 Å². The highest BCUT2D eigenvalue weighted by molar-refractivity contribution is 7.59. The Balaban J connectivity index is 0. The summed E-state index contributed by atoms with van der Waals surface area (Å²) in [7, 11) is 0. The van der Waals surface area contributed by atoms with Gasteiger partial charge in [0.2, 0.25) is 0 Å². The third kappa shape index (κ3) is 4.40. The van der Waals surface area contributed by atoms with Gasteiger partial charge in [0, 0.05) is 0 Å². The molecule has 0 aliphatic carbocycles. The summed E-state index contributed by atoms with van der Waals surface area (Å²) in [6.45, 7) is 4.16. The third-order valence-corrected chi connectivity index (χ3v) is 2.32. The molecule has 1 N–H and O–H groups in total. The fourth-order valence-electron chi connectivity index (χ4n) is 1.20. The van der Waals surface area contributed by atoms with Crippen LogP contribution >= 0.6 is 27.0 Å². The van der Waals surface area contributed by atoms with Gasteiger partial charge in [-0.2, -0.15) is 27.0 Å². The molecular weight excluding hydrogens is 212 g/mol. The van der Waals surface area contributed by atoms with Gasteiger partial charge >= 0.3 is 0 Å². The van der Waals surface area contributed by atoms with Crippen LogP contribution in [0.5, 0.6) is 0 Å². The highest BCUT2D eigenvalue weighted by atomic mass is 32.1. The maximum atomic E-state index is 9.79. The van der Waals surface area contributed by atoms with E-state index in [0.29, 0.717) is 5.92 Å². The quantitative estimate of drug-likeness (QED) is 0.849. The molecule has 0 bridgehead atoms. The lowest BCUT2D eigenvalue weighted by Crippen LogP contribution is -2.07. The lowest BCUT2D eigenvalue weighted by molar-refractivity contribution is 0.115. The SMILES string of the molecule is CC[C@@H](C)[C@@H](O)c1ccccc1.S.S. The van der Waals surface area contributed by atoms with Crippen molar-refractivity contribution in [2.24, 2.45) is 5.92 Å². The summed E-state index contributed by atoms with van der Waals surface area (Å²) in [5.74, 6) is 0.340. The summed E-state index contributed by atoms with van der Waals surface area (Å²) in [5.41, 5.74) is 1.02. The van der Waals surface area contributed by atoms with Gasteiger partial charge in [0.05, 0.1) is 6.10 Å². The second kappa shape index (κ2) is 8.21. The molecule has 14 heavy (non-hydrogen) atoms. The van der Waals surface area contributed by atoms with Gasteiger partial charge in [0.1, 0.15) is 0 Å². The number of aliphatic hydroxyl groups excluding tert-OH is 1. The molecule has 0 aliphatic heterocycles. The van der Waals surface area contributed by atoms with Crippen molar-refractivity contribution in [3.8, 4) is 0 Å². The first kappa shape index (κ1) is 16.3. The fraction of sp³-hybridized carbons (Fsp3) is 0.455. The minimum absolute atomic E-state index is 0. The Morgan fingerprint density at radius 3 is 2.07 bits per heavy atom. The van der Waals surface area contributed by atoms with Crippen LogP contribution in [0.15, 0.2) is 30.3 Å². The van der Waals surface area contributed by atoms with Gasteiger partial charge in [0.25, 0.3) is 0 Å². The summed E-state index contributed by atoms with van der Waals surface area (Å²) >= 11 is 0. The maximum Gasteiger partial charge on any atom is 0.0815 e. The van der Waals surface area contributed by atoms with Crippen molar-refractivity contribution < 1.29 is 5.11 Å². The zero-order valence-electron chi connectivity index (χ0n) is 8.70. The van der Waals surface area contributed by atoms with E-state index in [2.05, 4.69) is 13.8 Å². The average Bonchev–Trinajstić information content (AvgIpc) is 2.17. The van der Waals surface area contributed by atoms with Crippen LogP contribution in [0.1, 0.15) is 31.9 Å². The van der Waals surface area contributed by atoms with Crippen molar-refractivity contribution in [2.45, 2.75) is 26.4 Å². The van der Waals surface area contributed by atoms with Crippen LogP contribution in [-0.2, 0) is 0 Å². The number of rotatable bonds is 3. The molecule has 0 unspecified atom stereocenters. The molecule has 0 heterocycles. The zero-order chi connectivity index (χ0) is 8.97. The maximum absolute atomic E-state index is 9.79. The molecule has 0 amide bonds. The highest BCUT2D eigenvalue weighted by Crippen LogP contribution is 2.23. The van der Waals surface area contributed by atoms with E-state index >= 15 is 0 Å². The van der Waals surface area contributed by atoms with Crippen molar-refractivity contribution in [1.29, 1.82) is 0 Å². The van der Waals surface area contributed by atoms with E-state index in [1.54, 1.807) is 0 Å². The van der Waals surface area contributed by atoms with E-state index in [0.717, 1.165) is 12.0 Å². The molecule has 0 aromatic heterocycles. The van der Waals surface area contributed by atoms with Crippen LogP contribution in [0.2, 0.25) is 0 Å². The number of aliphatic hydroxyl groups is 1. The van der Waals surface area contributed by atoms with Crippen molar-refractivity contribution in [2.75, 3.05) is 0 Å². The van der Waals surface area contributed by atoms with Crippen molar-refractivity contribution >= 4 is 27.0 Å². The average molecular weight is 232 g/mol. The van der Waals surface area contributed by atoms with Crippen molar-refractivity contribution in [3.05, 3.63) is 35.9 Å². The Hall–Kier alpha value is -0.120. The largest absolute Gasteiger partial charge is 0.388 e. The Morgan fingerprint density at radius 1 is 1.14 bits per heavy atom. The van der Waals surface area contributed by atoms with Gasteiger partial charge in [0.15, 0.2) is 0 Å². The van der Waals surface area contributed by atoms with Gasteiger partial charge in [-0.05, 0) is 11.5 Å². The minimum atomic E-state index is -0.309. The van der Waals surface area contributed by atoms with E-state index in [9.17, 15) is 5.11 Å². The molecule has 0 fully saturated rings. The first-order valence-corrected chi connectivity index (χ1v) is 4.48. The third-order valence-electron chi connectivity index (χ3n) is 2.32. The molecule has 2 atom stereocenters. The molecule has 0 radical (unpaired) electrons. The van der Waals surface area contributed by atoms with Gasteiger partial charge in [-0.1, -0.05) is 50.6 Å². The number of benzene rings is 1. The van der Waals surface area contributed by atoms with Gasteiger partial charge in [-0.15, -0.1) is 0 Å². The molecule has 0 spiro atoms. The summed E-state index contributed by atoms with van der Waals surface area (Å²) in [6, 6.07) is 9.82.